The van der Waals surface area contributed by atoms with Gasteiger partial charge in [0.25, 0.3) is 5.91 Å². The lowest BCUT2D eigenvalue weighted by molar-refractivity contribution is -0.184. The third-order valence-electron chi connectivity index (χ3n) is 3.26. The summed E-state index contributed by atoms with van der Waals surface area (Å²) < 4.78 is 50.7. The van der Waals surface area contributed by atoms with Crippen molar-refractivity contribution in [3.63, 3.8) is 0 Å². The third kappa shape index (κ3) is 3.24. The number of alkyl halides is 3. The molecule has 0 aliphatic carbocycles. The molecule has 0 bridgehead atoms. The van der Waals surface area contributed by atoms with Gasteiger partial charge in [0, 0.05) is 18.7 Å². The van der Waals surface area contributed by atoms with E-state index in [1.165, 1.54) is 17.0 Å². The van der Waals surface area contributed by atoms with Crippen LogP contribution in [0.25, 0.3) is 0 Å². The Hall–Kier alpha value is -1.59. The maximum atomic E-state index is 12.7. The van der Waals surface area contributed by atoms with Gasteiger partial charge in [-0.15, -0.1) is 0 Å². The van der Waals surface area contributed by atoms with Crippen molar-refractivity contribution in [2.75, 3.05) is 13.1 Å². The Morgan fingerprint density at radius 3 is 2.42 bits per heavy atom. The second kappa shape index (κ2) is 5.19. The molecule has 1 saturated heterocycles. The van der Waals surface area contributed by atoms with Crippen molar-refractivity contribution in [3.05, 3.63) is 35.6 Å². The molecule has 19 heavy (non-hydrogen) atoms. The highest BCUT2D eigenvalue weighted by molar-refractivity contribution is 5.94. The summed E-state index contributed by atoms with van der Waals surface area (Å²) in [5.41, 5.74) is 0.212. The molecule has 1 fully saturated rings. The second-order valence-corrected chi connectivity index (χ2v) is 4.64. The first-order valence-corrected chi connectivity index (χ1v) is 5.99. The maximum absolute atomic E-state index is 12.7. The number of likely N-dealkylation sites (tertiary alicyclic amines) is 1. The minimum absolute atomic E-state index is 0.0523. The number of carbonyl (C=O) groups excluding carboxylic acids is 1. The normalized spacial score (nSPS) is 20.4. The lowest BCUT2D eigenvalue weighted by atomic mass is 9.97. The first-order valence-electron chi connectivity index (χ1n) is 5.99. The van der Waals surface area contributed by atoms with Crippen LogP contribution in [0.1, 0.15) is 23.2 Å². The minimum atomic E-state index is -4.28. The molecule has 1 aromatic rings. The van der Waals surface area contributed by atoms with Crippen LogP contribution >= 0.6 is 0 Å². The van der Waals surface area contributed by atoms with E-state index in [2.05, 4.69) is 0 Å². The zero-order valence-corrected chi connectivity index (χ0v) is 10.1. The molecule has 6 heteroatoms. The van der Waals surface area contributed by atoms with E-state index in [0.717, 1.165) is 12.1 Å². The number of carbonyl (C=O) groups is 1. The van der Waals surface area contributed by atoms with Crippen LogP contribution in [-0.2, 0) is 0 Å². The van der Waals surface area contributed by atoms with Crippen LogP contribution in [0.4, 0.5) is 17.6 Å². The summed E-state index contributed by atoms with van der Waals surface area (Å²) in [6, 6.07) is 4.82. The predicted molar refractivity (Wildman–Crippen MR) is 61.1 cm³/mol. The summed E-state index contributed by atoms with van der Waals surface area (Å²) in [4.78, 5) is 13.2. The van der Waals surface area contributed by atoms with E-state index in [-0.39, 0.29) is 18.5 Å². The van der Waals surface area contributed by atoms with Crippen molar-refractivity contribution in [2.45, 2.75) is 19.0 Å². The summed E-state index contributed by atoms with van der Waals surface area (Å²) >= 11 is 0. The number of halogens is 4. The van der Waals surface area contributed by atoms with E-state index in [1.54, 1.807) is 0 Å². The van der Waals surface area contributed by atoms with Gasteiger partial charge in [-0.1, -0.05) is 0 Å². The number of nitrogens with zero attached hydrogens (tertiary/aromatic N) is 1. The molecule has 0 radical (unpaired) electrons. The van der Waals surface area contributed by atoms with Crippen LogP contribution in [0.3, 0.4) is 0 Å². The number of benzene rings is 1. The van der Waals surface area contributed by atoms with Crippen LogP contribution in [0.2, 0.25) is 0 Å². The van der Waals surface area contributed by atoms with Crippen molar-refractivity contribution in [2.24, 2.45) is 5.92 Å². The Morgan fingerprint density at radius 1 is 1.21 bits per heavy atom. The molecule has 1 aliphatic heterocycles. The zero-order valence-electron chi connectivity index (χ0n) is 10.1. The van der Waals surface area contributed by atoms with Gasteiger partial charge < -0.3 is 4.90 Å². The monoisotopic (exact) mass is 275 g/mol. The van der Waals surface area contributed by atoms with E-state index >= 15 is 0 Å². The first-order chi connectivity index (χ1) is 8.88. The van der Waals surface area contributed by atoms with Crippen molar-refractivity contribution in [1.82, 2.24) is 4.90 Å². The zero-order chi connectivity index (χ0) is 14.0. The van der Waals surface area contributed by atoms with Gasteiger partial charge in [0.1, 0.15) is 5.82 Å². The van der Waals surface area contributed by atoms with Gasteiger partial charge in [0.05, 0.1) is 5.92 Å². The van der Waals surface area contributed by atoms with Gasteiger partial charge in [-0.05, 0) is 37.1 Å². The first kappa shape index (κ1) is 13.8. The average molecular weight is 275 g/mol. The number of hydrogen-bond acceptors (Lipinski definition) is 1. The molecule has 1 amide bonds. The van der Waals surface area contributed by atoms with Crippen LogP contribution in [-0.4, -0.2) is 30.1 Å². The smallest absolute Gasteiger partial charge is 0.338 e. The minimum Gasteiger partial charge on any atom is -0.338 e. The van der Waals surface area contributed by atoms with Crippen LogP contribution in [0, 0.1) is 11.7 Å². The highest BCUT2D eigenvalue weighted by Gasteiger charge is 2.42. The highest BCUT2D eigenvalue weighted by Crippen LogP contribution is 2.33. The Labute approximate surface area is 108 Å². The molecule has 0 aromatic heterocycles. The summed E-state index contributed by atoms with van der Waals surface area (Å²) in [6.45, 7) is -0.0114. The quantitative estimate of drug-likeness (QED) is 0.720. The lowest BCUT2D eigenvalue weighted by Gasteiger charge is -2.33. The van der Waals surface area contributed by atoms with Crippen molar-refractivity contribution >= 4 is 5.91 Å². The maximum Gasteiger partial charge on any atom is 0.393 e. The highest BCUT2D eigenvalue weighted by atomic mass is 19.4. The van der Waals surface area contributed by atoms with E-state index in [0.29, 0.717) is 13.0 Å². The average Bonchev–Trinajstić information content (AvgIpc) is 2.38. The SMILES string of the molecule is O=C(c1ccc(F)cc1)N1CCC[C@H](C(F)(F)F)C1. The third-order valence-corrected chi connectivity index (χ3v) is 3.26. The van der Waals surface area contributed by atoms with Gasteiger partial charge in [0.2, 0.25) is 0 Å². The fourth-order valence-electron chi connectivity index (χ4n) is 2.20. The van der Waals surface area contributed by atoms with E-state index < -0.39 is 23.8 Å². The Balaban J connectivity index is 2.09. The molecule has 0 spiro atoms. The number of hydrogen-bond donors (Lipinski definition) is 0. The predicted octanol–water partition coefficient (Wildman–Crippen LogP) is 3.24. The summed E-state index contributed by atoms with van der Waals surface area (Å²) in [7, 11) is 0. The second-order valence-electron chi connectivity index (χ2n) is 4.64. The fraction of sp³-hybridized carbons (Fsp3) is 0.462. The van der Waals surface area contributed by atoms with E-state index in [1.807, 2.05) is 0 Å². The van der Waals surface area contributed by atoms with Crippen LogP contribution in [0.5, 0.6) is 0 Å². The topological polar surface area (TPSA) is 20.3 Å². The van der Waals surface area contributed by atoms with Gasteiger partial charge in [-0.2, -0.15) is 13.2 Å². The van der Waals surface area contributed by atoms with Crippen LogP contribution < -0.4 is 0 Å². The van der Waals surface area contributed by atoms with Gasteiger partial charge >= 0.3 is 6.18 Å². The molecule has 2 nitrogen and oxygen atoms in total. The number of amides is 1. The molecule has 0 saturated carbocycles. The van der Waals surface area contributed by atoms with Gasteiger partial charge in [-0.25, -0.2) is 4.39 Å². The van der Waals surface area contributed by atoms with Gasteiger partial charge in [-0.3, -0.25) is 4.79 Å². The molecule has 104 valence electrons. The Bertz CT molecular complexity index is 455. The largest absolute Gasteiger partial charge is 0.393 e. The summed E-state index contributed by atoms with van der Waals surface area (Å²) in [5, 5.41) is 0. The molecule has 1 aliphatic rings. The van der Waals surface area contributed by atoms with E-state index in [4.69, 9.17) is 0 Å². The summed E-state index contributed by atoms with van der Waals surface area (Å²) in [5.74, 6) is -2.43. The van der Waals surface area contributed by atoms with E-state index in [9.17, 15) is 22.4 Å². The molecule has 1 aromatic carbocycles. The van der Waals surface area contributed by atoms with Crippen molar-refractivity contribution in [1.29, 1.82) is 0 Å². The molecular formula is C13H13F4NO. The van der Waals surface area contributed by atoms with Crippen molar-refractivity contribution < 1.29 is 22.4 Å². The Kier molecular flexibility index (Phi) is 3.78. The molecule has 0 unspecified atom stereocenters. The number of piperidine rings is 1. The van der Waals surface area contributed by atoms with Crippen LogP contribution in [0.15, 0.2) is 24.3 Å². The fourth-order valence-corrected chi connectivity index (χ4v) is 2.20. The molecular weight excluding hydrogens is 262 g/mol. The lowest BCUT2D eigenvalue weighted by Crippen LogP contribution is -2.44. The molecule has 0 N–H and O–H groups in total. The van der Waals surface area contributed by atoms with Gasteiger partial charge in [0.15, 0.2) is 0 Å². The standard InChI is InChI=1S/C13H13F4NO/c14-11-5-3-9(4-6-11)12(19)18-7-1-2-10(8-18)13(15,16)17/h3-6,10H,1-2,7-8H2/t10-/m0/s1. The molecule has 1 heterocycles. The molecule has 1 atom stereocenters. The molecule has 2 rings (SSSR count). The summed E-state index contributed by atoms with van der Waals surface area (Å²) in [6.07, 6.45) is -3.89. The van der Waals surface area contributed by atoms with Crippen molar-refractivity contribution in [3.8, 4) is 0 Å². The Morgan fingerprint density at radius 2 is 1.84 bits per heavy atom. The number of rotatable bonds is 1.